The predicted octanol–water partition coefficient (Wildman–Crippen LogP) is 3.10. The Morgan fingerprint density at radius 3 is 2.29 bits per heavy atom. The van der Waals surface area contributed by atoms with E-state index >= 15 is 0 Å². The number of aliphatic hydroxyl groups is 1. The Kier molecular flexibility index (Phi) is 3.84. The van der Waals surface area contributed by atoms with Crippen LogP contribution in [0.25, 0.3) is 0 Å². The first kappa shape index (κ1) is 13.4. The lowest BCUT2D eigenvalue weighted by atomic mass is 9.71. The van der Waals surface area contributed by atoms with E-state index in [0.717, 1.165) is 38.1 Å². The van der Waals surface area contributed by atoms with Crippen LogP contribution < -0.4 is 5.32 Å². The molecule has 2 atom stereocenters. The molecule has 2 unspecified atom stereocenters. The quantitative estimate of drug-likeness (QED) is 0.793. The summed E-state index contributed by atoms with van der Waals surface area (Å²) in [5, 5.41) is 14.2. The molecule has 0 heterocycles. The average molecular weight is 239 g/mol. The molecule has 100 valence electrons. The van der Waals surface area contributed by atoms with E-state index in [0.29, 0.717) is 11.5 Å². The molecule has 2 nitrogen and oxygen atoms in total. The summed E-state index contributed by atoms with van der Waals surface area (Å²) in [7, 11) is 0. The smallest absolute Gasteiger partial charge is 0.0772 e. The molecule has 2 heteroatoms. The molecule has 2 N–H and O–H groups in total. The average Bonchev–Trinajstić information content (AvgIpc) is 2.67. The molecule has 0 aromatic rings. The molecule has 2 fully saturated rings. The summed E-state index contributed by atoms with van der Waals surface area (Å²) in [4.78, 5) is 0. The fourth-order valence-corrected chi connectivity index (χ4v) is 3.30. The van der Waals surface area contributed by atoms with Gasteiger partial charge in [-0.3, -0.25) is 0 Å². The highest BCUT2D eigenvalue weighted by Crippen LogP contribution is 2.40. The van der Waals surface area contributed by atoms with Crippen LogP contribution in [0.5, 0.6) is 0 Å². The van der Waals surface area contributed by atoms with Crippen molar-refractivity contribution in [2.75, 3.05) is 6.54 Å². The third kappa shape index (κ3) is 3.69. The van der Waals surface area contributed by atoms with Crippen LogP contribution in [-0.4, -0.2) is 23.3 Å². The maximum Gasteiger partial charge on any atom is 0.0772 e. The number of hydrogen-bond donors (Lipinski definition) is 2. The summed E-state index contributed by atoms with van der Waals surface area (Å²) in [6.07, 6.45) is 8.19. The topological polar surface area (TPSA) is 32.3 Å². The summed E-state index contributed by atoms with van der Waals surface area (Å²) >= 11 is 0. The number of hydrogen-bond acceptors (Lipinski definition) is 2. The lowest BCUT2D eigenvalue weighted by Crippen LogP contribution is -2.47. The molecule has 17 heavy (non-hydrogen) atoms. The Morgan fingerprint density at radius 2 is 1.76 bits per heavy atom. The zero-order chi connectivity index (χ0) is 12.5. The van der Waals surface area contributed by atoms with Gasteiger partial charge >= 0.3 is 0 Å². The standard InChI is InChI=1S/C15H29NO/c1-12-4-5-13(10-12)16-11-15(17)8-6-14(2,3)7-9-15/h12-13,16-17H,4-11H2,1-3H3. The van der Waals surface area contributed by atoms with E-state index in [1.807, 2.05) is 0 Å². The minimum absolute atomic E-state index is 0.429. The van der Waals surface area contributed by atoms with Crippen molar-refractivity contribution in [2.45, 2.75) is 77.4 Å². The van der Waals surface area contributed by atoms with Gasteiger partial charge in [0.2, 0.25) is 0 Å². The van der Waals surface area contributed by atoms with Crippen molar-refractivity contribution in [3.05, 3.63) is 0 Å². The van der Waals surface area contributed by atoms with Gasteiger partial charge in [-0.15, -0.1) is 0 Å². The van der Waals surface area contributed by atoms with E-state index in [9.17, 15) is 5.11 Å². The van der Waals surface area contributed by atoms with Crippen LogP contribution in [0.1, 0.15) is 65.7 Å². The highest BCUT2D eigenvalue weighted by molar-refractivity contribution is 4.92. The fraction of sp³-hybridized carbons (Fsp3) is 1.00. The molecule has 0 spiro atoms. The van der Waals surface area contributed by atoms with Gasteiger partial charge in [0.25, 0.3) is 0 Å². The Balaban J connectivity index is 1.75. The summed E-state index contributed by atoms with van der Waals surface area (Å²) < 4.78 is 0. The van der Waals surface area contributed by atoms with E-state index in [4.69, 9.17) is 0 Å². The number of nitrogens with one attached hydrogen (secondary N) is 1. The first-order valence-electron chi connectivity index (χ1n) is 7.34. The number of rotatable bonds is 3. The summed E-state index contributed by atoms with van der Waals surface area (Å²) in [6, 6.07) is 0.656. The van der Waals surface area contributed by atoms with Crippen molar-refractivity contribution >= 4 is 0 Å². The van der Waals surface area contributed by atoms with E-state index < -0.39 is 5.60 Å². The molecule has 2 saturated carbocycles. The molecule has 0 amide bonds. The monoisotopic (exact) mass is 239 g/mol. The third-order valence-electron chi connectivity index (χ3n) is 4.95. The highest BCUT2D eigenvalue weighted by atomic mass is 16.3. The Morgan fingerprint density at radius 1 is 1.12 bits per heavy atom. The van der Waals surface area contributed by atoms with Crippen LogP contribution in [0.15, 0.2) is 0 Å². The molecule has 0 radical (unpaired) electrons. The fourth-order valence-electron chi connectivity index (χ4n) is 3.30. The minimum atomic E-state index is -0.429. The highest BCUT2D eigenvalue weighted by Gasteiger charge is 2.37. The summed E-state index contributed by atoms with van der Waals surface area (Å²) in [5.74, 6) is 0.868. The first-order valence-corrected chi connectivity index (χ1v) is 7.34. The van der Waals surface area contributed by atoms with E-state index in [1.165, 1.54) is 19.3 Å². The predicted molar refractivity (Wildman–Crippen MR) is 72.0 cm³/mol. The van der Waals surface area contributed by atoms with Crippen molar-refractivity contribution in [1.82, 2.24) is 5.32 Å². The van der Waals surface area contributed by atoms with Crippen LogP contribution in [0.2, 0.25) is 0 Å². The van der Waals surface area contributed by atoms with Gasteiger partial charge in [0.05, 0.1) is 5.60 Å². The van der Waals surface area contributed by atoms with E-state index in [2.05, 4.69) is 26.1 Å². The maximum absolute atomic E-state index is 10.6. The van der Waals surface area contributed by atoms with Crippen molar-refractivity contribution in [1.29, 1.82) is 0 Å². The van der Waals surface area contributed by atoms with Crippen molar-refractivity contribution < 1.29 is 5.11 Å². The molecule has 0 aromatic carbocycles. The second-order valence-electron chi connectivity index (χ2n) is 7.38. The largest absolute Gasteiger partial charge is 0.389 e. The molecular formula is C15H29NO. The Hall–Kier alpha value is -0.0800. The summed E-state index contributed by atoms with van der Waals surface area (Å²) in [5.41, 5.74) is 0.00938. The molecule has 0 aromatic heterocycles. The summed E-state index contributed by atoms with van der Waals surface area (Å²) in [6.45, 7) is 7.78. The first-order chi connectivity index (χ1) is 7.89. The van der Waals surface area contributed by atoms with Crippen LogP contribution in [0.3, 0.4) is 0 Å². The van der Waals surface area contributed by atoms with Gasteiger partial charge in [-0.05, 0) is 56.3 Å². The van der Waals surface area contributed by atoms with Crippen LogP contribution in [0, 0.1) is 11.3 Å². The van der Waals surface area contributed by atoms with Crippen LogP contribution in [-0.2, 0) is 0 Å². The minimum Gasteiger partial charge on any atom is -0.389 e. The van der Waals surface area contributed by atoms with Crippen LogP contribution >= 0.6 is 0 Å². The van der Waals surface area contributed by atoms with Gasteiger partial charge < -0.3 is 10.4 Å². The molecule has 2 aliphatic rings. The molecule has 2 rings (SSSR count). The lowest BCUT2D eigenvalue weighted by Gasteiger charge is -2.40. The van der Waals surface area contributed by atoms with Gasteiger partial charge in [0.15, 0.2) is 0 Å². The van der Waals surface area contributed by atoms with Crippen molar-refractivity contribution in [2.24, 2.45) is 11.3 Å². The normalized spacial score (nSPS) is 36.0. The van der Waals surface area contributed by atoms with E-state index in [1.54, 1.807) is 0 Å². The van der Waals surface area contributed by atoms with Gasteiger partial charge in [0, 0.05) is 12.6 Å². The zero-order valence-electron chi connectivity index (χ0n) is 11.8. The van der Waals surface area contributed by atoms with Crippen molar-refractivity contribution in [3.8, 4) is 0 Å². The molecule has 0 aliphatic heterocycles. The Labute approximate surface area is 106 Å². The second kappa shape index (κ2) is 4.89. The Bertz CT molecular complexity index is 252. The van der Waals surface area contributed by atoms with Crippen molar-refractivity contribution in [3.63, 3.8) is 0 Å². The van der Waals surface area contributed by atoms with E-state index in [-0.39, 0.29) is 0 Å². The maximum atomic E-state index is 10.6. The molecule has 0 saturated heterocycles. The van der Waals surface area contributed by atoms with Gasteiger partial charge in [-0.2, -0.15) is 0 Å². The lowest BCUT2D eigenvalue weighted by molar-refractivity contribution is -0.0260. The zero-order valence-corrected chi connectivity index (χ0v) is 11.8. The molecule has 2 aliphatic carbocycles. The van der Waals surface area contributed by atoms with Gasteiger partial charge in [0.1, 0.15) is 0 Å². The molecule has 0 bridgehead atoms. The molecular weight excluding hydrogens is 210 g/mol. The van der Waals surface area contributed by atoms with Crippen LogP contribution in [0.4, 0.5) is 0 Å². The second-order valence-corrected chi connectivity index (χ2v) is 7.38. The van der Waals surface area contributed by atoms with Gasteiger partial charge in [-0.25, -0.2) is 0 Å². The third-order valence-corrected chi connectivity index (χ3v) is 4.95. The van der Waals surface area contributed by atoms with Gasteiger partial charge in [-0.1, -0.05) is 20.8 Å². The SMILES string of the molecule is CC1CCC(NCC2(O)CCC(C)(C)CC2)C1.